The quantitative estimate of drug-likeness (QED) is 0.839. The van der Waals surface area contributed by atoms with E-state index in [0.717, 1.165) is 50.5 Å². The van der Waals surface area contributed by atoms with Gasteiger partial charge in [0.1, 0.15) is 0 Å². The molecule has 4 heteroatoms. The van der Waals surface area contributed by atoms with Gasteiger partial charge in [-0.2, -0.15) is 0 Å². The highest BCUT2D eigenvalue weighted by atomic mass is 15.4. The topological polar surface area (TPSA) is 44.9 Å². The Balaban J connectivity index is 2.02. The second kappa shape index (κ2) is 6.33. The Bertz CT molecular complexity index is 350. The van der Waals surface area contributed by atoms with Crippen molar-refractivity contribution in [2.24, 2.45) is 22.6 Å². The molecule has 20 heavy (non-hydrogen) atoms. The first-order valence-electron chi connectivity index (χ1n) is 8.32. The van der Waals surface area contributed by atoms with Crippen molar-refractivity contribution in [2.75, 3.05) is 32.7 Å². The molecule has 0 aromatic carbocycles. The largest absolute Gasteiger partial charge is 0.370 e. The molecule has 116 valence electrons. The van der Waals surface area contributed by atoms with Crippen LogP contribution in [0, 0.1) is 11.8 Å². The number of hydrogen-bond acceptors (Lipinski definition) is 4. The number of nitrogens with zero attached hydrogens (tertiary/aromatic N) is 3. The molecular formula is C16H32N4. The van der Waals surface area contributed by atoms with Crippen LogP contribution >= 0.6 is 0 Å². The summed E-state index contributed by atoms with van der Waals surface area (Å²) in [5.74, 6) is 2.40. The maximum Gasteiger partial charge on any atom is 0.191 e. The molecule has 0 saturated heterocycles. The summed E-state index contributed by atoms with van der Waals surface area (Å²) in [6.07, 6.45) is 3.81. The van der Waals surface area contributed by atoms with Crippen LogP contribution in [0.4, 0.5) is 0 Å². The number of nitrogens with two attached hydrogens (primary N) is 1. The molecule has 3 atom stereocenters. The van der Waals surface area contributed by atoms with E-state index in [9.17, 15) is 0 Å². The molecule has 1 aliphatic heterocycles. The third-order valence-corrected chi connectivity index (χ3v) is 5.66. The minimum atomic E-state index is 0.225. The number of likely N-dealkylation sites (N-methyl/N-ethyl adjacent to an activating group) is 1. The molecule has 1 fully saturated rings. The van der Waals surface area contributed by atoms with Gasteiger partial charge in [-0.25, -0.2) is 0 Å². The highest BCUT2D eigenvalue weighted by molar-refractivity contribution is 5.81. The van der Waals surface area contributed by atoms with Gasteiger partial charge >= 0.3 is 0 Å². The van der Waals surface area contributed by atoms with E-state index < -0.39 is 0 Å². The Morgan fingerprint density at radius 3 is 2.60 bits per heavy atom. The lowest BCUT2D eigenvalue weighted by Crippen LogP contribution is -2.56. The summed E-state index contributed by atoms with van der Waals surface area (Å²) in [5, 5.41) is 0. The monoisotopic (exact) mass is 280 g/mol. The Kier molecular flexibility index (Phi) is 4.95. The van der Waals surface area contributed by atoms with Crippen molar-refractivity contribution in [2.45, 2.75) is 52.5 Å². The van der Waals surface area contributed by atoms with Crippen molar-refractivity contribution in [3.8, 4) is 0 Å². The van der Waals surface area contributed by atoms with Gasteiger partial charge in [0.25, 0.3) is 0 Å². The minimum Gasteiger partial charge on any atom is -0.370 e. The second-order valence-electron chi connectivity index (χ2n) is 6.77. The van der Waals surface area contributed by atoms with Crippen LogP contribution in [-0.2, 0) is 0 Å². The van der Waals surface area contributed by atoms with Gasteiger partial charge in [-0.3, -0.25) is 4.99 Å². The summed E-state index contributed by atoms with van der Waals surface area (Å²) < 4.78 is 0. The van der Waals surface area contributed by atoms with Crippen LogP contribution in [0.1, 0.15) is 47.0 Å². The zero-order chi connectivity index (χ0) is 14.8. The van der Waals surface area contributed by atoms with Crippen LogP contribution in [0.15, 0.2) is 4.99 Å². The SMILES string of the molecule is CCN(CC)CCN1C(N)=NCC12CCC(C)C(C)C2. The molecular weight excluding hydrogens is 248 g/mol. The predicted molar refractivity (Wildman–Crippen MR) is 85.9 cm³/mol. The molecule has 4 nitrogen and oxygen atoms in total. The molecule has 0 radical (unpaired) electrons. The summed E-state index contributed by atoms with van der Waals surface area (Å²) in [7, 11) is 0. The Labute approximate surface area is 124 Å². The lowest BCUT2D eigenvalue weighted by atomic mass is 9.71. The van der Waals surface area contributed by atoms with Crippen molar-refractivity contribution >= 4 is 5.96 Å². The summed E-state index contributed by atoms with van der Waals surface area (Å²) in [6.45, 7) is 14.5. The molecule has 2 aliphatic rings. The van der Waals surface area contributed by atoms with Gasteiger partial charge < -0.3 is 15.5 Å². The zero-order valence-corrected chi connectivity index (χ0v) is 13.7. The van der Waals surface area contributed by atoms with Crippen molar-refractivity contribution in [3.63, 3.8) is 0 Å². The average molecular weight is 280 g/mol. The average Bonchev–Trinajstić information content (AvgIpc) is 2.73. The van der Waals surface area contributed by atoms with Crippen LogP contribution in [0.25, 0.3) is 0 Å². The molecule has 0 aromatic heterocycles. The van der Waals surface area contributed by atoms with Gasteiger partial charge in [-0.1, -0.05) is 27.7 Å². The van der Waals surface area contributed by atoms with Crippen LogP contribution in [0.3, 0.4) is 0 Å². The van der Waals surface area contributed by atoms with E-state index >= 15 is 0 Å². The second-order valence-corrected chi connectivity index (χ2v) is 6.77. The standard InChI is InChI=1S/C16H32N4/c1-5-19(6-2)9-10-20-15(17)18-12-16(20)8-7-13(3)14(4)11-16/h13-14H,5-12H2,1-4H3,(H2,17,18). The van der Waals surface area contributed by atoms with Gasteiger partial charge in [0.15, 0.2) is 5.96 Å². The molecule has 1 saturated carbocycles. The van der Waals surface area contributed by atoms with Crippen molar-refractivity contribution < 1.29 is 0 Å². The lowest BCUT2D eigenvalue weighted by Gasteiger charge is -2.46. The Morgan fingerprint density at radius 2 is 2.00 bits per heavy atom. The first kappa shape index (κ1) is 15.6. The molecule has 2 rings (SSSR count). The van der Waals surface area contributed by atoms with E-state index in [1.807, 2.05) is 0 Å². The van der Waals surface area contributed by atoms with Gasteiger partial charge in [-0.15, -0.1) is 0 Å². The molecule has 0 bridgehead atoms. The van der Waals surface area contributed by atoms with Crippen LogP contribution in [0.5, 0.6) is 0 Å². The highest BCUT2D eigenvalue weighted by Crippen LogP contribution is 2.42. The number of hydrogen-bond donors (Lipinski definition) is 1. The van der Waals surface area contributed by atoms with Crippen LogP contribution in [0.2, 0.25) is 0 Å². The summed E-state index contributed by atoms with van der Waals surface area (Å²) in [6, 6.07) is 0. The fourth-order valence-electron chi connectivity index (χ4n) is 3.85. The molecule has 2 N–H and O–H groups in total. The van der Waals surface area contributed by atoms with Crippen LogP contribution in [-0.4, -0.2) is 54.0 Å². The molecule has 1 spiro atoms. The maximum absolute atomic E-state index is 6.19. The van der Waals surface area contributed by atoms with Crippen molar-refractivity contribution in [1.29, 1.82) is 0 Å². The van der Waals surface area contributed by atoms with Crippen LogP contribution < -0.4 is 5.73 Å². The van der Waals surface area contributed by atoms with E-state index in [2.05, 4.69) is 42.5 Å². The fourth-order valence-corrected chi connectivity index (χ4v) is 3.85. The molecule has 1 aliphatic carbocycles. The molecule has 1 heterocycles. The van der Waals surface area contributed by atoms with Gasteiger partial charge in [0.05, 0.1) is 12.1 Å². The number of guanidine groups is 1. The number of aliphatic imine (C=N–C) groups is 1. The van der Waals surface area contributed by atoms with E-state index in [4.69, 9.17) is 5.73 Å². The first-order valence-corrected chi connectivity index (χ1v) is 8.32. The van der Waals surface area contributed by atoms with E-state index in [1.54, 1.807) is 0 Å². The van der Waals surface area contributed by atoms with Crippen molar-refractivity contribution in [3.05, 3.63) is 0 Å². The summed E-state index contributed by atoms with van der Waals surface area (Å²) >= 11 is 0. The Hall–Kier alpha value is -0.770. The minimum absolute atomic E-state index is 0.225. The third kappa shape index (κ3) is 2.95. The fraction of sp³-hybridized carbons (Fsp3) is 0.938. The van der Waals surface area contributed by atoms with E-state index in [0.29, 0.717) is 0 Å². The maximum atomic E-state index is 6.19. The van der Waals surface area contributed by atoms with Gasteiger partial charge in [0.2, 0.25) is 0 Å². The highest BCUT2D eigenvalue weighted by Gasteiger charge is 2.45. The molecule has 0 aromatic rings. The van der Waals surface area contributed by atoms with E-state index in [-0.39, 0.29) is 5.54 Å². The third-order valence-electron chi connectivity index (χ3n) is 5.66. The summed E-state index contributed by atoms with van der Waals surface area (Å²) in [4.78, 5) is 9.48. The first-order chi connectivity index (χ1) is 9.52. The van der Waals surface area contributed by atoms with Crippen molar-refractivity contribution in [1.82, 2.24) is 9.80 Å². The normalized spacial score (nSPS) is 34.0. The van der Waals surface area contributed by atoms with Gasteiger partial charge in [-0.05, 0) is 44.2 Å². The molecule has 0 amide bonds. The van der Waals surface area contributed by atoms with E-state index in [1.165, 1.54) is 19.3 Å². The Morgan fingerprint density at radius 1 is 1.30 bits per heavy atom. The predicted octanol–water partition coefficient (Wildman–Crippen LogP) is 2.15. The lowest BCUT2D eigenvalue weighted by molar-refractivity contribution is 0.0771. The molecule has 3 unspecified atom stereocenters. The summed E-state index contributed by atoms with van der Waals surface area (Å²) in [5.41, 5.74) is 6.42. The smallest absolute Gasteiger partial charge is 0.191 e. The zero-order valence-electron chi connectivity index (χ0n) is 13.7. The van der Waals surface area contributed by atoms with Gasteiger partial charge in [0, 0.05) is 13.1 Å². The number of rotatable bonds is 5.